The van der Waals surface area contributed by atoms with Crippen molar-refractivity contribution in [2.75, 3.05) is 6.61 Å². The van der Waals surface area contributed by atoms with Gasteiger partial charge in [0.1, 0.15) is 0 Å². The van der Waals surface area contributed by atoms with Crippen molar-refractivity contribution < 1.29 is 14.3 Å². The van der Waals surface area contributed by atoms with Crippen LogP contribution >= 0.6 is 0 Å². The fraction of sp³-hybridized carbons (Fsp3) is 0.478. The lowest BCUT2D eigenvalue weighted by molar-refractivity contribution is -0.0601. The molecule has 148 valence electrons. The third-order valence-electron chi connectivity index (χ3n) is 5.78. The number of cyclic esters (lactones) is 1. The quantitative estimate of drug-likeness (QED) is 0.671. The van der Waals surface area contributed by atoms with E-state index in [0.717, 1.165) is 23.5 Å². The van der Waals surface area contributed by atoms with Gasteiger partial charge >= 0.3 is 6.09 Å². The zero-order chi connectivity index (χ0) is 19.2. The van der Waals surface area contributed by atoms with Gasteiger partial charge in [-0.2, -0.15) is 0 Å². The van der Waals surface area contributed by atoms with Crippen LogP contribution in [0.1, 0.15) is 55.8 Å². The molecule has 2 fully saturated rings. The minimum absolute atomic E-state index is 0.333. The van der Waals surface area contributed by atoms with Gasteiger partial charge in [-0.05, 0) is 24.0 Å². The monoisotopic (exact) mass is 380 g/mol. The summed E-state index contributed by atoms with van der Waals surface area (Å²) < 4.78 is 12.0. The number of amides is 1. The normalized spacial score (nSPS) is 23.0. The molecule has 28 heavy (non-hydrogen) atoms. The average Bonchev–Trinajstić information content (AvgIpc) is 3.06. The largest absolute Gasteiger partial charge is 0.436 e. The van der Waals surface area contributed by atoms with Crippen LogP contribution in [0.25, 0.3) is 0 Å². The first kappa shape index (κ1) is 18.9. The molecule has 1 aliphatic carbocycles. The molecule has 5 heteroatoms. The molecule has 1 aromatic carbocycles. The Kier molecular flexibility index (Phi) is 6.22. The minimum atomic E-state index is -0.448. The highest BCUT2D eigenvalue weighted by Gasteiger charge is 2.43. The van der Waals surface area contributed by atoms with Gasteiger partial charge in [0.15, 0.2) is 12.3 Å². The van der Waals surface area contributed by atoms with Gasteiger partial charge in [0.25, 0.3) is 0 Å². The topological polar surface area (TPSA) is 51.7 Å². The van der Waals surface area contributed by atoms with E-state index in [4.69, 9.17) is 9.47 Å². The SMILES string of the molecule is O=C1OC(c2cccnc2)C(OCCC2CCCCC2)N1Cc1ccccc1. The lowest BCUT2D eigenvalue weighted by Crippen LogP contribution is -2.36. The second kappa shape index (κ2) is 9.20. The fourth-order valence-electron chi connectivity index (χ4n) is 4.22. The van der Waals surface area contributed by atoms with Gasteiger partial charge in [-0.3, -0.25) is 9.88 Å². The Morgan fingerprint density at radius 1 is 1.07 bits per heavy atom. The summed E-state index contributed by atoms with van der Waals surface area (Å²) in [5.41, 5.74) is 1.93. The Bertz CT molecular complexity index is 747. The number of aromatic nitrogens is 1. The predicted octanol–water partition coefficient (Wildman–Crippen LogP) is 5.09. The number of hydrogen-bond acceptors (Lipinski definition) is 4. The first-order chi connectivity index (χ1) is 13.8. The van der Waals surface area contributed by atoms with Gasteiger partial charge in [-0.25, -0.2) is 4.79 Å². The zero-order valence-corrected chi connectivity index (χ0v) is 16.2. The van der Waals surface area contributed by atoms with Crippen LogP contribution < -0.4 is 0 Å². The molecule has 0 N–H and O–H groups in total. The summed E-state index contributed by atoms with van der Waals surface area (Å²) in [5.74, 6) is 0.742. The Balaban J connectivity index is 1.47. The summed E-state index contributed by atoms with van der Waals surface area (Å²) in [5, 5.41) is 0. The van der Waals surface area contributed by atoms with Crippen LogP contribution in [0.4, 0.5) is 4.79 Å². The number of carbonyl (C=O) groups excluding carboxylic acids is 1. The molecule has 2 aromatic rings. The Morgan fingerprint density at radius 2 is 1.89 bits per heavy atom. The summed E-state index contributed by atoms with van der Waals surface area (Å²) in [6.45, 7) is 1.12. The first-order valence-electron chi connectivity index (χ1n) is 10.3. The van der Waals surface area contributed by atoms with E-state index in [0.29, 0.717) is 13.2 Å². The number of rotatable bonds is 7. The van der Waals surface area contributed by atoms with Crippen LogP contribution in [0.15, 0.2) is 54.9 Å². The molecule has 2 unspecified atom stereocenters. The van der Waals surface area contributed by atoms with Gasteiger partial charge in [0, 0.05) is 24.6 Å². The molecule has 5 nitrogen and oxygen atoms in total. The van der Waals surface area contributed by atoms with Crippen molar-refractivity contribution in [3.63, 3.8) is 0 Å². The smallest absolute Gasteiger partial charge is 0.413 e. The Morgan fingerprint density at radius 3 is 2.64 bits per heavy atom. The highest BCUT2D eigenvalue weighted by Crippen LogP contribution is 2.35. The molecule has 2 heterocycles. The summed E-state index contributed by atoms with van der Waals surface area (Å²) >= 11 is 0. The lowest BCUT2D eigenvalue weighted by atomic mass is 9.87. The van der Waals surface area contributed by atoms with E-state index in [2.05, 4.69) is 4.98 Å². The first-order valence-corrected chi connectivity index (χ1v) is 10.3. The molecule has 1 amide bonds. The van der Waals surface area contributed by atoms with E-state index < -0.39 is 12.3 Å². The van der Waals surface area contributed by atoms with Crippen LogP contribution in [0, 0.1) is 5.92 Å². The minimum Gasteiger partial charge on any atom is -0.436 e. The summed E-state index contributed by atoms with van der Waals surface area (Å²) in [6, 6.07) is 13.8. The number of carbonyl (C=O) groups is 1. The van der Waals surface area contributed by atoms with Gasteiger partial charge in [-0.15, -0.1) is 0 Å². The van der Waals surface area contributed by atoms with E-state index in [1.54, 1.807) is 17.3 Å². The molecule has 2 atom stereocenters. The second-order valence-electron chi connectivity index (χ2n) is 7.76. The predicted molar refractivity (Wildman–Crippen MR) is 106 cm³/mol. The van der Waals surface area contributed by atoms with Crippen molar-refractivity contribution >= 4 is 6.09 Å². The standard InChI is InChI=1S/C23H28N2O3/c26-23-25(17-19-10-5-2-6-11-19)22(21(28-23)20-12-7-14-24-16-20)27-15-13-18-8-3-1-4-9-18/h2,5-7,10-12,14,16,18,21-22H,1,3-4,8-9,13,15,17H2. The number of nitrogens with zero attached hydrogens (tertiary/aromatic N) is 2. The van der Waals surface area contributed by atoms with Crippen LogP contribution in [-0.2, 0) is 16.0 Å². The number of hydrogen-bond donors (Lipinski definition) is 0. The molecule has 0 radical (unpaired) electrons. The maximum Gasteiger partial charge on any atom is 0.413 e. The highest BCUT2D eigenvalue weighted by atomic mass is 16.6. The van der Waals surface area contributed by atoms with E-state index in [1.165, 1.54) is 32.1 Å². The molecule has 0 spiro atoms. The average molecular weight is 380 g/mol. The molecular weight excluding hydrogens is 352 g/mol. The van der Waals surface area contributed by atoms with Crippen LogP contribution in [0.5, 0.6) is 0 Å². The van der Waals surface area contributed by atoms with Crippen LogP contribution in [0.2, 0.25) is 0 Å². The number of ether oxygens (including phenoxy) is 2. The van der Waals surface area contributed by atoms with E-state index in [1.807, 2.05) is 42.5 Å². The molecule has 1 aliphatic heterocycles. The fourth-order valence-corrected chi connectivity index (χ4v) is 4.22. The van der Waals surface area contributed by atoms with E-state index in [9.17, 15) is 4.79 Å². The van der Waals surface area contributed by atoms with Crippen LogP contribution in [0.3, 0.4) is 0 Å². The van der Waals surface area contributed by atoms with Crippen molar-refractivity contribution in [1.29, 1.82) is 0 Å². The highest BCUT2D eigenvalue weighted by molar-refractivity contribution is 5.70. The van der Waals surface area contributed by atoms with Crippen molar-refractivity contribution in [2.45, 2.75) is 57.4 Å². The van der Waals surface area contributed by atoms with Gasteiger partial charge in [0.2, 0.25) is 0 Å². The van der Waals surface area contributed by atoms with Gasteiger partial charge < -0.3 is 9.47 Å². The molecule has 1 saturated heterocycles. The lowest BCUT2D eigenvalue weighted by Gasteiger charge is -2.27. The van der Waals surface area contributed by atoms with Crippen molar-refractivity contribution in [1.82, 2.24) is 9.88 Å². The molecule has 1 saturated carbocycles. The van der Waals surface area contributed by atoms with Gasteiger partial charge in [0.05, 0.1) is 6.54 Å². The van der Waals surface area contributed by atoms with Gasteiger partial charge in [-0.1, -0.05) is 68.5 Å². The molecular formula is C23H28N2O3. The summed E-state index contributed by atoms with van der Waals surface area (Å²) in [6.07, 6.45) is 9.91. The van der Waals surface area contributed by atoms with E-state index >= 15 is 0 Å². The second-order valence-corrected chi connectivity index (χ2v) is 7.76. The number of benzene rings is 1. The zero-order valence-electron chi connectivity index (χ0n) is 16.2. The third kappa shape index (κ3) is 4.53. The van der Waals surface area contributed by atoms with Crippen molar-refractivity contribution in [3.05, 3.63) is 66.0 Å². The summed E-state index contributed by atoms with van der Waals surface area (Å²) in [7, 11) is 0. The van der Waals surface area contributed by atoms with Crippen molar-refractivity contribution in [3.8, 4) is 0 Å². The Hall–Kier alpha value is -2.40. The number of pyridine rings is 1. The maximum atomic E-state index is 12.6. The molecule has 0 bridgehead atoms. The third-order valence-corrected chi connectivity index (χ3v) is 5.78. The molecule has 2 aliphatic rings. The van der Waals surface area contributed by atoms with Crippen LogP contribution in [-0.4, -0.2) is 28.8 Å². The van der Waals surface area contributed by atoms with Crippen molar-refractivity contribution in [2.24, 2.45) is 5.92 Å². The maximum absolute atomic E-state index is 12.6. The Labute approximate surface area is 166 Å². The summed E-state index contributed by atoms with van der Waals surface area (Å²) in [4.78, 5) is 18.5. The molecule has 1 aromatic heterocycles. The van der Waals surface area contributed by atoms with E-state index in [-0.39, 0.29) is 6.09 Å². The molecule has 4 rings (SSSR count).